The van der Waals surface area contributed by atoms with Gasteiger partial charge in [-0.25, -0.2) is 0 Å². The minimum Gasteiger partial charge on any atom is -0.497 e. The average Bonchev–Trinajstić information content (AvgIpc) is 2.74. The summed E-state index contributed by atoms with van der Waals surface area (Å²) in [6, 6.07) is 15.0. The first-order valence-electron chi connectivity index (χ1n) is 10.1. The van der Waals surface area contributed by atoms with Gasteiger partial charge in [-0.15, -0.1) is 0 Å². The second-order valence-corrected chi connectivity index (χ2v) is 6.66. The topological polar surface area (TPSA) is 67.4 Å². The van der Waals surface area contributed by atoms with Gasteiger partial charge in [0, 0.05) is 29.1 Å². The number of Topliss-reactive ketones (excluding diaryl/α,β-unsaturated/α-hetero) is 1. The van der Waals surface area contributed by atoms with Gasteiger partial charge in [0.2, 0.25) is 5.91 Å². The van der Waals surface area contributed by atoms with Crippen LogP contribution >= 0.6 is 0 Å². The van der Waals surface area contributed by atoms with E-state index in [0.29, 0.717) is 6.42 Å². The van der Waals surface area contributed by atoms with E-state index in [1.807, 2.05) is 69.3 Å². The summed E-state index contributed by atoms with van der Waals surface area (Å²) in [4.78, 5) is 24.2. The first kappa shape index (κ1) is 22.2. The number of hydrogen-bond donors (Lipinski definition) is 2. The molecular formula is C24H30N2O3. The number of ketones is 1. The minimum atomic E-state index is -0.0828. The molecule has 0 unspecified atom stereocenters. The molecule has 0 heterocycles. The summed E-state index contributed by atoms with van der Waals surface area (Å²) in [5, 5.41) is 6.24. The van der Waals surface area contributed by atoms with E-state index in [1.165, 1.54) is 0 Å². The van der Waals surface area contributed by atoms with E-state index in [1.54, 1.807) is 7.11 Å². The van der Waals surface area contributed by atoms with Gasteiger partial charge in [-0.1, -0.05) is 26.0 Å². The lowest BCUT2D eigenvalue weighted by Gasteiger charge is -2.19. The Morgan fingerprint density at radius 2 is 1.76 bits per heavy atom. The van der Waals surface area contributed by atoms with E-state index < -0.39 is 0 Å². The Labute approximate surface area is 173 Å². The number of hydrogen-bond acceptors (Lipinski definition) is 4. The van der Waals surface area contributed by atoms with Crippen LogP contribution < -0.4 is 15.4 Å². The highest BCUT2D eigenvalue weighted by molar-refractivity contribution is 5.97. The number of methoxy groups -OCH3 is 1. The van der Waals surface area contributed by atoms with Crippen molar-refractivity contribution in [2.24, 2.45) is 0 Å². The lowest BCUT2D eigenvalue weighted by molar-refractivity contribution is -0.116. The van der Waals surface area contributed by atoms with Crippen LogP contribution in [0, 0.1) is 0 Å². The van der Waals surface area contributed by atoms with E-state index in [0.717, 1.165) is 46.8 Å². The second-order valence-electron chi connectivity index (χ2n) is 6.66. The van der Waals surface area contributed by atoms with Crippen LogP contribution in [0.25, 0.3) is 0 Å². The monoisotopic (exact) mass is 394 g/mol. The molecule has 1 amide bonds. The summed E-state index contributed by atoms with van der Waals surface area (Å²) in [6.07, 6.45) is 2.66. The van der Waals surface area contributed by atoms with Crippen molar-refractivity contribution in [3.05, 3.63) is 65.4 Å². The molecule has 1 aliphatic carbocycles. The van der Waals surface area contributed by atoms with Crippen molar-refractivity contribution >= 4 is 23.1 Å². The molecule has 0 aromatic heterocycles. The van der Waals surface area contributed by atoms with Crippen LogP contribution in [0.15, 0.2) is 59.8 Å². The van der Waals surface area contributed by atoms with Gasteiger partial charge < -0.3 is 15.4 Å². The maximum atomic E-state index is 12.3. The number of carbonyl (C=O) groups is 2. The van der Waals surface area contributed by atoms with Crippen LogP contribution in [0.2, 0.25) is 0 Å². The van der Waals surface area contributed by atoms with Crippen LogP contribution in [-0.4, -0.2) is 18.8 Å². The highest BCUT2D eigenvalue weighted by Crippen LogP contribution is 2.24. The van der Waals surface area contributed by atoms with Crippen LogP contribution in [0.3, 0.4) is 0 Å². The molecule has 0 saturated heterocycles. The third-order valence-electron chi connectivity index (χ3n) is 4.66. The summed E-state index contributed by atoms with van der Waals surface area (Å²) in [6.45, 7) is 5.87. The molecule has 29 heavy (non-hydrogen) atoms. The third kappa shape index (κ3) is 6.49. The van der Waals surface area contributed by atoms with Gasteiger partial charge in [0.05, 0.1) is 13.5 Å². The lowest BCUT2D eigenvalue weighted by Crippen LogP contribution is -2.15. The molecule has 0 atom stereocenters. The van der Waals surface area contributed by atoms with E-state index in [2.05, 4.69) is 10.6 Å². The molecule has 0 spiro atoms. The first-order chi connectivity index (χ1) is 14.0. The molecule has 0 fully saturated rings. The number of rotatable bonds is 6. The van der Waals surface area contributed by atoms with E-state index >= 15 is 0 Å². The number of ether oxygens (including phenoxy) is 1. The lowest BCUT2D eigenvalue weighted by atomic mass is 9.96. The number of amides is 1. The third-order valence-corrected chi connectivity index (χ3v) is 4.66. The summed E-state index contributed by atoms with van der Waals surface area (Å²) in [5.74, 6) is 0.872. The predicted octanol–water partition coefficient (Wildman–Crippen LogP) is 5.34. The Balaban J connectivity index is 0.00000145. The number of allylic oxidation sites excluding steroid dienone is 2. The Kier molecular flexibility index (Phi) is 8.46. The number of anilines is 2. The fourth-order valence-electron chi connectivity index (χ4n) is 3.12. The van der Waals surface area contributed by atoms with Gasteiger partial charge in [-0.2, -0.15) is 0 Å². The van der Waals surface area contributed by atoms with Crippen molar-refractivity contribution in [3.63, 3.8) is 0 Å². The zero-order valence-electron chi connectivity index (χ0n) is 17.7. The standard InChI is InChI=1S/C22H24N2O3.C2H6/c1-15-20(7-4-8-21(15)25)23-18-6-3-5-16(13-18)14-22(26)24-17-9-11-19(27-2)12-10-17;1-2/h3,5-6,9-13,23H,4,7-8,14H2,1-2H3,(H,24,26);1-2H3. The van der Waals surface area contributed by atoms with Crippen LogP contribution in [0.1, 0.15) is 45.6 Å². The van der Waals surface area contributed by atoms with Gasteiger partial charge in [0.15, 0.2) is 5.78 Å². The maximum absolute atomic E-state index is 12.3. The zero-order valence-corrected chi connectivity index (χ0v) is 17.7. The van der Waals surface area contributed by atoms with Gasteiger partial charge in [0.1, 0.15) is 5.75 Å². The van der Waals surface area contributed by atoms with Crippen LogP contribution in [0.5, 0.6) is 5.75 Å². The molecule has 2 N–H and O–H groups in total. The smallest absolute Gasteiger partial charge is 0.228 e. The molecule has 1 aliphatic rings. The molecule has 0 bridgehead atoms. The Morgan fingerprint density at radius 1 is 1.03 bits per heavy atom. The van der Waals surface area contributed by atoms with Crippen molar-refractivity contribution < 1.29 is 14.3 Å². The predicted molar refractivity (Wildman–Crippen MR) is 118 cm³/mol. The fraction of sp³-hybridized carbons (Fsp3) is 0.333. The summed E-state index contributed by atoms with van der Waals surface area (Å²) in [5.41, 5.74) is 4.33. The van der Waals surface area contributed by atoms with Gasteiger partial charge in [-0.3, -0.25) is 9.59 Å². The maximum Gasteiger partial charge on any atom is 0.228 e. The fourth-order valence-corrected chi connectivity index (χ4v) is 3.12. The Bertz CT molecular complexity index is 870. The largest absolute Gasteiger partial charge is 0.497 e. The average molecular weight is 395 g/mol. The van der Waals surface area contributed by atoms with E-state index in [4.69, 9.17) is 4.74 Å². The van der Waals surface area contributed by atoms with Crippen LogP contribution in [-0.2, 0) is 16.0 Å². The molecule has 5 heteroatoms. The van der Waals surface area contributed by atoms with Crippen molar-refractivity contribution in [2.75, 3.05) is 17.7 Å². The minimum absolute atomic E-state index is 0.0828. The Morgan fingerprint density at radius 3 is 2.45 bits per heavy atom. The normalized spacial score (nSPS) is 13.3. The molecule has 0 saturated carbocycles. The van der Waals surface area contributed by atoms with Crippen molar-refractivity contribution in [1.82, 2.24) is 0 Å². The van der Waals surface area contributed by atoms with Crippen LogP contribution in [0.4, 0.5) is 11.4 Å². The SMILES string of the molecule is CC.COc1ccc(NC(=O)Cc2cccc(NC3=C(C)C(=O)CCC3)c2)cc1. The van der Waals surface area contributed by atoms with Gasteiger partial charge in [0.25, 0.3) is 0 Å². The van der Waals surface area contributed by atoms with Crippen molar-refractivity contribution in [1.29, 1.82) is 0 Å². The zero-order chi connectivity index (χ0) is 21.2. The highest BCUT2D eigenvalue weighted by Gasteiger charge is 2.16. The summed E-state index contributed by atoms with van der Waals surface area (Å²) >= 11 is 0. The van der Waals surface area contributed by atoms with Gasteiger partial charge in [-0.05, 0) is 61.7 Å². The second kappa shape index (κ2) is 11.1. The summed E-state index contributed by atoms with van der Waals surface area (Å²) in [7, 11) is 1.61. The molecular weight excluding hydrogens is 364 g/mol. The molecule has 0 aliphatic heterocycles. The van der Waals surface area contributed by atoms with E-state index in [9.17, 15) is 9.59 Å². The van der Waals surface area contributed by atoms with E-state index in [-0.39, 0.29) is 18.1 Å². The van der Waals surface area contributed by atoms with Crippen molar-refractivity contribution in [3.8, 4) is 5.75 Å². The number of carbonyl (C=O) groups excluding carboxylic acids is 2. The van der Waals surface area contributed by atoms with Gasteiger partial charge >= 0.3 is 0 Å². The number of benzene rings is 2. The Hall–Kier alpha value is -3.08. The summed E-state index contributed by atoms with van der Waals surface area (Å²) < 4.78 is 5.12. The molecule has 5 nitrogen and oxygen atoms in total. The first-order valence-corrected chi connectivity index (χ1v) is 10.1. The molecule has 2 aromatic carbocycles. The van der Waals surface area contributed by atoms with Crippen molar-refractivity contribution in [2.45, 2.75) is 46.5 Å². The molecule has 3 rings (SSSR count). The molecule has 2 aromatic rings. The number of nitrogens with one attached hydrogen (secondary N) is 2. The molecule has 154 valence electrons. The molecule has 0 radical (unpaired) electrons. The quantitative estimate of drug-likeness (QED) is 0.694. The highest BCUT2D eigenvalue weighted by atomic mass is 16.5.